The molecule has 0 aliphatic heterocycles. The number of carbonyl (C=O) groups excluding carboxylic acids is 1. The van der Waals surface area contributed by atoms with Crippen molar-refractivity contribution in [2.75, 3.05) is 0 Å². The van der Waals surface area contributed by atoms with E-state index in [0.717, 1.165) is 36.8 Å². The van der Waals surface area contributed by atoms with Crippen molar-refractivity contribution in [1.82, 2.24) is 19.3 Å². The van der Waals surface area contributed by atoms with Gasteiger partial charge in [0.25, 0.3) is 11.5 Å². The van der Waals surface area contributed by atoms with E-state index in [-0.39, 0.29) is 28.6 Å². The Labute approximate surface area is 184 Å². The van der Waals surface area contributed by atoms with Crippen molar-refractivity contribution in [1.29, 1.82) is 5.41 Å². The molecule has 5 rings (SSSR count). The number of carbonyl (C=O) groups is 1. The van der Waals surface area contributed by atoms with Gasteiger partial charge in [0, 0.05) is 18.8 Å². The third-order valence-electron chi connectivity index (χ3n) is 6.31. The molecule has 7 nitrogen and oxygen atoms in total. The minimum absolute atomic E-state index is 0.0604. The Balaban J connectivity index is 1.70. The molecule has 0 atom stereocenters. The van der Waals surface area contributed by atoms with Crippen LogP contribution in [-0.2, 0) is 6.54 Å². The second-order valence-electron chi connectivity index (χ2n) is 8.42. The highest BCUT2D eigenvalue weighted by Gasteiger charge is 2.24. The van der Waals surface area contributed by atoms with Crippen molar-refractivity contribution in [2.24, 2.45) is 0 Å². The largest absolute Gasteiger partial charge is 0.348 e. The highest BCUT2D eigenvalue weighted by atomic mass is 16.1. The number of nitrogens with one attached hydrogen (secondary N) is 2. The van der Waals surface area contributed by atoms with Gasteiger partial charge in [0.15, 0.2) is 0 Å². The second kappa shape index (κ2) is 8.07. The summed E-state index contributed by atoms with van der Waals surface area (Å²) in [5, 5.41) is 12.2. The van der Waals surface area contributed by atoms with Gasteiger partial charge in [-0.2, -0.15) is 0 Å². The number of hydrogen-bond acceptors (Lipinski definition) is 4. The number of nitrogens with zero attached hydrogens (tertiary/aromatic N) is 3. The maximum Gasteiger partial charge on any atom is 0.267 e. The van der Waals surface area contributed by atoms with Gasteiger partial charge in [0.2, 0.25) is 0 Å². The predicted molar refractivity (Wildman–Crippen MR) is 123 cm³/mol. The first-order chi connectivity index (χ1) is 15.5. The van der Waals surface area contributed by atoms with Crippen LogP contribution >= 0.6 is 0 Å². The molecule has 32 heavy (non-hydrogen) atoms. The number of fused-ring (bicyclic) bond motifs is 2. The fourth-order valence-electron chi connectivity index (χ4n) is 4.62. The van der Waals surface area contributed by atoms with E-state index in [0.29, 0.717) is 23.2 Å². The van der Waals surface area contributed by atoms with E-state index in [2.05, 4.69) is 5.32 Å². The van der Waals surface area contributed by atoms with E-state index >= 15 is 0 Å². The van der Waals surface area contributed by atoms with Gasteiger partial charge in [-0.25, -0.2) is 4.98 Å². The van der Waals surface area contributed by atoms with Gasteiger partial charge in [-0.05, 0) is 43.0 Å². The van der Waals surface area contributed by atoms with Gasteiger partial charge < -0.3 is 9.88 Å². The third kappa shape index (κ3) is 3.39. The summed E-state index contributed by atoms with van der Waals surface area (Å²) in [5.74, 6) is -0.360. The van der Waals surface area contributed by atoms with Gasteiger partial charge in [-0.1, -0.05) is 49.2 Å². The Morgan fingerprint density at radius 1 is 1.12 bits per heavy atom. The number of hydrogen-bond donors (Lipinski definition) is 2. The molecule has 1 amide bonds. The number of rotatable bonds is 4. The van der Waals surface area contributed by atoms with E-state index in [9.17, 15) is 9.59 Å². The molecule has 0 radical (unpaired) electrons. The predicted octanol–water partition coefficient (Wildman–Crippen LogP) is 3.48. The van der Waals surface area contributed by atoms with Crippen molar-refractivity contribution in [3.05, 3.63) is 87.3 Å². The molecule has 1 aliphatic carbocycles. The van der Waals surface area contributed by atoms with Crippen molar-refractivity contribution in [2.45, 2.75) is 45.2 Å². The van der Waals surface area contributed by atoms with Crippen molar-refractivity contribution >= 4 is 22.6 Å². The van der Waals surface area contributed by atoms with Gasteiger partial charge in [-0.15, -0.1) is 0 Å². The van der Waals surface area contributed by atoms with E-state index in [1.54, 1.807) is 6.20 Å². The molecule has 0 spiro atoms. The Morgan fingerprint density at radius 3 is 2.62 bits per heavy atom. The number of benzene rings is 1. The zero-order valence-electron chi connectivity index (χ0n) is 18.0. The van der Waals surface area contributed by atoms with Crippen LogP contribution in [0.4, 0.5) is 0 Å². The molecule has 2 N–H and O–H groups in total. The van der Waals surface area contributed by atoms with Crippen LogP contribution in [0.2, 0.25) is 0 Å². The van der Waals surface area contributed by atoms with Crippen LogP contribution in [0.25, 0.3) is 16.7 Å². The minimum atomic E-state index is -0.360. The van der Waals surface area contributed by atoms with Gasteiger partial charge in [-0.3, -0.25) is 19.4 Å². The monoisotopic (exact) mass is 427 g/mol. The van der Waals surface area contributed by atoms with E-state index < -0.39 is 0 Å². The molecule has 0 saturated heterocycles. The number of aromatic nitrogens is 3. The standard InChI is InChI=1S/C25H25N5O2/c1-16-8-7-13-29-22(16)28-23-20(25(29)32)14-19(21(26)30(23)18-11-5-6-12-18)24(31)27-15-17-9-3-2-4-10-17/h2-4,7-10,13-14,18,26H,5-6,11-12,15H2,1H3,(H,27,31). The molecule has 162 valence electrons. The van der Waals surface area contributed by atoms with Crippen LogP contribution in [0.3, 0.4) is 0 Å². The molecule has 7 heteroatoms. The highest BCUT2D eigenvalue weighted by Crippen LogP contribution is 2.30. The first kappa shape index (κ1) is 20.2. The number of pyridine rings is 2. The summed E-state index contributed by atoms with van der Waals surface area (Å²) >= 11 is 0. The third-order valence-corrected chi connectivity index (χ3v) is 6.31. The summed E-state index contributed by atoms with van der Waals surface area (Å²) in [6.07, 6.45) is 5.65. The lowest BCUT2D eigenvalue weighted by Gasteiger charge is -2.20. The van der Waals surface area contributed by atoms with Crippen molar-refractivity contribution in [3.63, 3.8) is 0 Å². The van der Waals surface area contributed by atoms with E-state index in [1.807, 2.05) is 54.0 Å². The smallest absolute Gasteiger partial charge is 0.267 e. The van der Waals surface area contributed by atoms with Crippen LogP contribution in [0.5, 0.6) is 0 Å². The van der Waals surface area contributed by atoms with Crippen LogP contribution in [0.1, 0.15) is 53.2 Å². The quantitative estimate of drug-likeness (QED) is 0.489. The molecule has 1 fully saturated rings. The summed E-state index contributed by atoms with van der Waals surface area (Å²) in [6.45, 7) is 2.27. The topological polar surface area (TPSA) is 92.3 Å². The van der Waals surface area contributed by atoms with Crippen LogP contribution in [-0.4, -0.2) is 19.9 Å². The molecular formula is C25H25N5O2. The first-order valence-corrected chi connectivity index (χ1v) is 11.0. The molecule has 1 saturated carbocycles. The molecule has 0 bridgehead atoms. The molecule has 4 aromatic rings. The maximum absolute atomic E-state index is 13.4. The lowest BCUT2D eigenvalue weighted by molar-refractivity contribution is 0.0948. The highest BCUT2D eigenvalue weighted by molar-refractivity contribution is 5.96. The van der Waals surface area contributed by atoms with Crippen molar-refractivity contribution < 1.29 is 4.79 Å². The Hall–Kier alpha value is -3.74. The SMILES string of the molecule is Cc1cccn2c(=O)c3cc(C(=O)NCc4ccccc4)c(=N)n(C4CCCC4)c3nc12. The Bertz CT molecular complexity index is 1450. The zero-order chi connectivity index (χ0) is 22.2. The van der Waals surface area contributed by atoms with Crippen LogP contribution < -0.4 is 16.4 Å². The molecule has 0 unspecified atom stereocenters. The average Bonchev–Trinajstić information content (AvgIpc) is 3.33. The fraction of sp³-hybridized carbons (Fsp3) is 0.280. The Kier molecular flexibility index (Phi) is 5.09. The first-order valence-electron chi connectivity index (χ1n) is 11.0. The second-order valence-corrected chi connectivity index (χ2v) is 8.42. The average molecular weight is 428 g/mol. The lowest BCUT2D eigenvalue weighted by Crippen LogP contribution is -2.36. The minimum Gasteiger partial charge on any atom is -0.348 e. The molecule has 1 aliphatic rings. The Morgan fingerprint density at radius 2 is 1.88 bits per heavy atom. The molecular weight excluding hydrogens is 402 g/mol. The van der Waals surface area contributed by atoms with Crippen LogP contribution in [0.15, 0.2) is 59.5 Å². The van der Waals surface area contributed by atoms with Gasteiger partial charge in [0.1, 0.15) is 16.8 Å². The molecule has 1 aromatic carbocycles. The molecule has 3 aromatic heterocycles. The van der Waals surface area contributed by atoms with Crippen molar-refractivity contribution in [3.8, 4) is 0 Å². The number of amides is 1. The zero-order valence-corrected chi connectivity index (χ0v) is 18.0. The fourth-order valence-corrected chi connectivity index (χ4v) is 4.62. The normalized spacial score (nSPS) is 14.3. The van der Waals surface area contributed by atoms with E-state index in [4.69, 9.17) is 10.4 Å². The summed E-state index contributed by atoms with van der Waals surface area (Å²) in [7, 11) is 0. The summed E-state index contributed by atoms with van der Waals surface area (Å²) in [6, 6.07) is 15.0. The lowest BCUT2D eigenvalue weighted by atomic mass is 10.1. The maximum atomic E-state index is 13.4. The summed E-state index contributed by atoms with van der Waals surface area (Å²) in [5.41, 5.74) is 3.02. The summed E-state index contributed by atoms with van der Waals surface area (Å²) < 4.78 is 3.33. The van der Waals surface area contributed by atoms with Gasteiger partial charge in [0.05, 0.1) is 10.9 Å². The van der Waals surface area contributed by atoms with Gasteiger partial charge >= 0.3 is 0 Å². The van der Waals surface area contributed by atoms with E-state index in [1.165, 1.54) is 10.5 Å². The summed E-state index contributed by atoms with van der Waals surface area (Å²) in [4.78, 5) is 31.3. The number of aryl methyl sites for hydroxylation is 1. The van der Waals surface area contributed by atoms with Crippen LogP contribution in [0, 0.1) is 12.3 Å². The molecule has 3 heterocycles.